The number of halogens is 2. The molecule has 0 spiro atoms. The van der Waals surface area contributed by atoms with E-state index in [0.717, 1.165) is 37.6 Å². The molecule has 4 rings (SSSR count). The summed E-state index contributed by atoms with van der Waals surface area (Å²) in [6, 6.07) is 12.8. The number of carbonyl (C=O) groups is 1. The number of aromatic nitrogens is 2. The van der Waals surface area contributed by atoms with E-state index in [2.05, 4.69) is 20.4 Å². The lowest BCUT2D eigenvalue weighted by Crippen LogP contribution is -2.30. The minimum absolute atomic E-state index is 0.0360. The van der Waals surface area contributed by atoms with Gasteiger partial charge >= 0.3 is 6.01 Å². The van der Waals surface area contributed by atoms with Crippen molar-refractivity contribution >= 4 is 23.5 Å². The Kier molecular flexibility index (Phi) is 5.76. The quantitative estimate of drug-likeness (QED) is 0.671. The van der Waals surface area contributed by atoms with Gasteiger partial charge in [-0.05, 0) is 43.0 Å². The van der Waals surface area contributed by atoms with Crippen molar-refractivity contribution in [1.82, 2.24) is 15.5 Å². The molecule has 3 aromatic rings. The second-order valence-electron chi connectivity index (χ2n) is 6.91. The SMILES string of the molecule is O=C(N[C@H](c1ccccc1)c1nnc(N2CCCCC2)o1)c1ccc(F)cc1Cl. The van der Waals surface area contributed by atoms with Crippen LogP contribution in [0.15, 0.2) is 52.9 Å². The zero-order chi connectivity index (χ0) is 20.2. The molecule has 1 atom stereocenters. The molecule has 8 heteroatoms. The summed E-state index contributed by atoms with van der Waals surface area (Å²) in [6.45, 7) is 1.74. The highest BCUT2D eigenvalue weighted by molar-refractivity contribution is 6.33. The number of benzene rings is 2. The number of carbonyl (C=O) groups excluding carboxylic acids is 1. The highest BCUT2D eigenvalue weighted by atomic mass is 35.5. The van der Waals surface area contributed by atoms with Gasteiger partial charge in [0.05, 0.1) is 10.6 Å². The molecule has 1 saturated heterocycles. The van der Waals surface area contributed by atoms with E-state index < -0.39 is 17.8 Å². The molecule has 29 heavy (non-hydrogen) atoms. The van der Waals surface area contributed by atoms with Crippen molar-refractivity contribution in [3.63, 3.8) is 0 Å². The van der Waals surface area contributed by atoms with Crippen molar-refractivity contribution in [3.8, 4) is 0 Å². The Labute approximate surface area is 172 Å². The third kappa shape index (κ3) is 4.40. The monoisotopic (exact) mass is 414 g/mol. The van der Waals surface area contributed by atoms with Gasteiger partial charge < -0.3 is 14.6 Å². The van der Waals surface area contributed by atoms with Crippen molar-refractivity contribution in [3.05, 3.63) is 76.4 Å². The molecule has 0 aliphatic carbocycles. The van der Waals surface area contributed by atoms with E-state index in [0.29, 0.717) is 6.01 Å². The Morgan fingerprint density at radius 3 is 2.59 bits per heavy atom. The Balaban J connectivity index is 1.62. The van der Waals surface area contributed by atoms with Crippen LogP contribution in [-0.2, 0) is 0 Å². The molecule has 1 N–H and O–H groups in total. The molecule has 2 heterocycles. The van der Waals surface area contributed by atoms with Gasteiger partial charge in [0.2, 0.25) is 5.89 Å². The van der Waals surface area contributed by atoms with E-state index in [1.165, 1.54) is 18.6 Å². The second-order valence-corrected chi connectivity index (χ2v) is 7.32. The van der Waals surface area contributed by atoms with Gasteiger partial charge in [-0.1, -0.05) is 47.0 Å². The first-order valence-electron chi connectivity index (χ1n) is 9.51. The maximum atomic E-state index is 13.3. The average Bonchev–Trinajstić information content (AvgIpc) is 3.23. The van der Waals surface area contributed by atoms with E-state index in [9.17, 15) is 9.18 Å². The van der Waals surface area contributed by atoms with Crippen molar-refractivity contribution in [2.24, 2.45) is 0 Å². The highest BCUT2D eigenvalue weighted by Gasteiger charge is 2.26. The summed E-state index contributed by atoms with van der Waals surface area (Å²) >= 11 is 6.05. The van der Waals surface area contributed by atoms with E-state index in [4.69, 9.17) is 16.0 Å². The topological polar surface area (TPSA) is 71.3 Å². The molecule has 1 aromatic heterocycles. The number of nitrogens with zero attached hydrogens (tertiary/aromatic N) is 3. The molecule has 6 nitrogen and oxygen atoms in total. The van der Waals surface area contributed by atoms with Crippen molar-refractivity contribution in [2.45, 2.75) is 25.3 Å². The molecule has 2 aromatic carbocycles. The first-order valence-corrected chi connectivity index (χ1v) is 9.89. The molecule has 1 amide bonds. The van der Waals surface area contributed by atoms with Gasteiger partial charge in [-0.15, -0.1) is 5.10 Å². The van der Waals surface area contributed by atoms with Gasteiger partial charge in [-0.25, -0.2) is 4.39 Å². The maximum Gasteiger partial charge on any atom is 0.318 e. The first kappa shape index (κ1) is 19.4. The van der Waals surface area contributed by atoms with E-state index in [1.54, 1.807) is 0 Å². The minimum Gasteiger partial charge on any atom is -0.405 e. The Morgan fingerprint density at radius 1 is 1.10 bits per heavy atom. The number of hydrogen-bond acceptors (Lipinski definition) is 5. The summed E-state index contributed by atoms with van der Waals surface area (Å²) in [5.74, 6) is -0.681. The average molecular weight is 415 g/mol. The van der Waals surface area contributed by atoms with E-state index in [1.807, 2.05) is 30.3 Å². The van der Waals surface area contributed by atoms with Crippen LogP contribution in [0.2, 0.25) is 5.02 Å². The fraction of sp³-hybridized carbons (Fsp3) is 0.286. The Bertz CT molecular complexity index is 989. The number of nitrogens with one attached hydrogen (secondary N) is 1. The predicted molar refractivity (Wildman–Crippen MR) is 108 cm³/mol. The smallest absolute Gasteiger partial charge is 0.318 e. The summed E-state index contributed by atoms with van der Waals surface area (Å²) < 4.78 is 19.3. The minimum atomic E-state index is -0.657. The molecular formula is C21H20ClFN4O2. The van der Waals surface area contributed by atoms with Gasteiger partial charge in [0.1, 0.15) is 11.9 Å². The molecule has 0 radical (unpaired) electrons. The number of hydrogen-bond donors (Lipinski definition) is 1. The zero-order valence-corrected chi connectivity index (χ0v) is 16.4. The van der Waals surface area contributed by atoms with E-state index >= 15 is 0 Å². The number of anilines is 1. The van der Waals surface area contributed by atoms with Crippen LogP contribution >= 0.6 is 11.6 Å². The van der Waals surface area contributed by atoms with Gasteiger partial charge in [0, 0.05) is 13.1 Å². The summed E-state index contributed by atoms with van der Waals surface area (Å²) in [7, 11) is 0. The summed E-state index contributed by atoms with van der Waals surface area (Å²) in [5.41, 5.74) is 0.956. The largest absolute Gasteiger partial charge is 0.405 e. The molecule has 0 saturated carbocycles. The molecular weight excluding hydrogens is 395 g/mol. The van der Waals surface area contributed by atoms with Crippen molar-refractivity contribution in [1.29, 1.82) is 0 Å². The Morgan fingerprint density at radius 2 is 1.86 bits per heavy atom. The normalized spacial score (nSPS) is 15.2. The fourth-order valence-corrected chi connectivity index (χ4v) is 3.62. The number of amides is 1. The molecule has 150 valence electrons. The van der Waals surface area contributed by atoms with Gasteiger partial charge in [-0.2, -0.15) is 0 Å². The van der Waals surface area contributed by atoms with Crippen LogP contribution in [0.1, 0.15) is 47.1 Å². The molecule has 1 fully saturated rings. The molecule has 1 aliphatic rings. The fourth-order valence-electron chi connectivity index (χ4n) is 3.37. The van der Waals surface area contributed by atoms with Crippen LogP contribution < -0.4 is 10.2 Å². The second kappa shape index (κ2) is 8.61. The lowest BCUT2D eigenvalue weighted by atomic mass is 10.1. The number of piperidine rings is 1. The maximum absolute atomic E-state index is 13.3. The van der Waals surface area contributed by atoms with Gasteiger partial charge in [0.25, 0.3) is 5.91 Å². The standard InChI is InChI=1S/C21H20ClFN4O2/c22-17-13-15(23)9-10-16(17)19(28)24-18(14-7-3-1-4-8-14)20-25-26-21(29-20)27-11-5-2-6-12-27/h1,3-4,7-10,13,18H,2,5-6,11-12H2,(H,24,28)/t18-/m1/s1. The summed E-state index contributed by atoms with van der Waals surface area (Å²) in [4.78, 5) is 14.9. The molecule has 0 unspecified atom stereocenters. The molecule has 1 aliphatic heterocycles. The van der Waals surface area contributed by atoms with Crippen LogP contribution in [0, 0.1) is 5.82 Å². The summed E-state index contributed by atoms with van der Waals surface area (Å²) in [5, 5.41) is 11.3. The third-order valence-corrected chi connectivity index (χ3v) is 5.20. The third-order valence-electron chi connectivity index (χ3n) is 4.89. The Hall–Kier alpha value is -2.93. The van der Waals surface area contributed by atoms with Crippen LogP contribution in [0.5, 0.6) is 0 Å². The lowest BCUT2D eigenvalue weighted by molar-refractivity contribution is 0.0938. The van der Waals surface area contributed by atoms with E-state index in [-0.39, 0.29) is 16.5 Å². The zero-order valence-electron chi connectivity index (χ0n) is 15.6. The summed E-state index contributed by atoms with van der Waals surface area (Å²) in [6.07, 6.45) is 3.36. The van der Waals surface area contributed by atoms with Crippen LogP contribution in [-0.4, -0.2) is 29.2 Å². The van der Waals surface area contributed by atoms with Crippen LogP contribution in [0.4, 0.5) is 10.4 Å². The van der Waals surface area contributed by atoms with Gasteiger partial charge in [0.15, 0.2) is 0 Å². The predicted octanol–water partition coefficient (Wildman–Crippen LogP) is 4.37. The number of rotatable bonds is 5. The first-order chi connectivity index (χ1) is 14.1. The van der Waals surface area contributed by atoms with Crippen molar-refractivity contribution in [2.75, 3.05) is 18.0 Å². The lowest BCUT2D eigenvalue weighted by Gasteiger charge is -2.24. The molecule has 0 bridgehead atoms. The van der Waals surface area contributed by atoms with Crippen LogP contribution in [0.25, 0.3) is 0 Å². The van der Waals surface area contributed by atoms with Gasteiger partial charge in [-0.3, -0.25) is 4.79 Å². The van der Waals surface area contributed by atoms with Crippen LogP contribution in [0.3, 0.4) is 0 Å². The van der Waals surface area contributed by atoms with Crippen molar-refractivity contribution < 1.29 is 13.6 Å². The highest BCUT2D eigenvalue weighted by Crippen LogP contribution is 2.26.